The van der Waals surface area contributed by atoms with E-state index in [1.165, 1.54) is 0 Å². The monoisotopic (exact) mass is 397 g/mol. The topological polar surface area (TPSA) is 83.3 Å². The van der Waals surface area contributed by atoms with Gasteiger partial charge in [-0.15, -0.1) is 0 Å². The average Bonchev–Trinajstić information content (AvgIpc) is 3.21. The Balaban J connectivity index is 1.68. The molecule has 0 saturated heterocycles. The van der Waals surface area contributed by atoms with Crippen LogP contribution < -0.4 is 14.8 Å². The van der Waals surface area contributed by atoms with Crippen molar-refractivity contribution in [2.75, 3.05) is 26.4 Å². The van der Waals surface area contributed by atoms with Gasteiger partial charge in [-0.2, -0.15) is 4.68 Å². The maximum Gasteiger partial charge on any atom is 0.346 e. The minimum atomic E-state index is 0.277. The van der Waals surface area contributed by atoms with E-state index in [-0.39, 0.29) is 6.01 Å². The summed E-state index contributed by atoms with van der Waals surface area (Å²) in [6.45, 7) is 7.65. The number of nitrogens with zero attached hydrogens (tertiary/aromatic N) is 4. The second kappa shape index (κ2) is 11.1. The van der Waals surface area contributed by atoms with Crippen molar-refractivity contribution in [1.29, 1.82) is 0 Å². The molecule has 0 amide bonds. The van der Waals surface area contributed by atoms with E-state index < -0.39 is 0 Å². The summed E-state index contributed by atoms with van der Waals surface area (Å²) >= 11 is 0. The number of hydrogen-bond acceptors (Lipinski definition) is 7. The summed E-state index contributed by atoms with van der Waals surface area (Å²) < 4.78 is 18.7. The predicted molar refractivity (Wildman–Crippen MR) is 110 cm³/mol. The van der Waals surface area contributed by atoms with Crippen LogP contribution >= 0.6 is 0 Å². The normalized spacial score (nSPS) is 10.8. The van der Waals surface area contributed by atoms with Crippen LogP contribution in [0.5, 0.6) is 17.5 Å². The number of para-hydroxylation sites is 1. The molecule has 1 aromatic heterocycles. The zero-order chi connectivity index (χ0) is 20.3. The molecule has 0 aliphatic rings. The van der Waals surface area contributed by atoms with Gasteiger partial charge in [0.15, 0.2) is 11.5 Å². The van der Waals surface area contributed by atoms with Gasteiger partial charge in [-0.25, -0.2) is 0 Å². The van der Waals surface area contributed by atoms with Crippen molar-refractivity contribution in [2.45, 2.75) is 26.8 Å². The Morgan fingerprint density at radius 1 is 1.00 bits per heavy atom. The Morgan fingerprint density at radius 3 is 2.66 bits per heavy atom. The Bertz CT molecular complexity index is 870. The van der Waals surface area contributed by atoms with E-state index in [4.69, 9.17) is 14.2 Å². The highest BCUT2D eigenvalue weighted by Crippen LogP contribution is 2.32. The van der Waals surface area contributed by atoms with Crippen LogP contribution in [0.25, 0.3) is 5.69 Å². The summed E-state index contributed by atoms with van der Waals surface area (Å²) in [4.78, 5) is 0. The highest BCUT2D eigenvalue weighted by molar-refractivity contribution is 5.44. The predicted octanol–water partition coefficient (Wildman–Crippen LogP) is 3.37. The summed E-state index contributed by atoms with van der Waals surface area (Å²) in [5, 5.41) is 15.2. The van der Waals surface area contributed by atoms with Gasteiger partial charge in [0.05, 0.1) is 12.3 Å². The van der Waals surface area contributed by atoms with Gasteiger partial charge in [0.1, 0.15) is 0 Å². The first-order chi connectivity index (χ1) is 14.3. The van der Waals surface area contributed by atoms with Crippen LogP contribution in [0.15, 0.2) is 48.5 Å². The fourth-order valence-corrected chi connectivity index (χ4v) is 2.76. The quantitative estimate of drug-likeness (QED) is 0.469. The number of benzene rings is 2. The molecule has 8 nitrogen and oxygen atoms in total. The lowest BCUT2D eigenvalue weighted by Gasteiger charge is -2.13. The molecule has 3 aromatic rings. The first kappa shape index (κ1) is 20.8. The lowest BCUT2D eigenvalue weighted by atomic mass is 10.2. The van der Waals surface area contributed by atoms with E-state index >= 15 is 0 Å². The Labute approximate surface area is 170 Å². The first-order valence-corrected chi connectivity index (χ1v) is 9.87. The lowest BCUT2D eigenvalue weighted by molar-refractivity contribution is 0.144. The molecule has 0 aliphatic carbocycles. The van der Waals surface area contributed by atoms with E-state index in [0.717, 1.165) is 44.0 Å². The summed E-state index contributed by atoms with van der Waals surface area (Å²) in [7, 11) is 0. The van der Waals surface area contributed by atoms with Crippen LogP contribution in [0.1, 0.15) is 25.8 Å². The molecule has 1 N–H and O–H groups in total. The number of hydrogen-bond donors (Lipinski definition) is 1. The van der Waals surface area contributed by atoms with E-state index in [0.29, 0.717) is 18.1 Å². The molecule has 0 aliphatic heterocycles. The van der Waals surface area contributed by atoms with Crippen molar-refractivity contribution < 1.29 is 14.2 Å². The molecule has 3 rings (SSSR count). The molecule has 0 spiro atoms. The van der Waals surface area contributed by atoms with Crippen LogP contribution in [0.2, 0.25) is 0 Å². The maximum atomic E-state index is 5.98. The van der Waals surface area contributed by atoms with Crippen LogP contribution in [0.4, 0.5) is 0 Å². The molecule has 0 bridgehead atoms. The molecule has 29 heavy (non-hydrogen) atoms. The molecule has 2 aromatic carbocycles. The van der Waals surface area contributed by atoms with Gasteiger partial charge >= 0.3 is 6.01 Å². The van der Waals surface area contributed by atoms with E-state index in [9.17, 15) is 0 Å². The summed E-state index contributed by atoms with van der Waals surface area (Å²) in [6, 6.07) is 15.7. The molecule has 1 heterocycles. The van der Waals surface area contributed by atoms with Crippen LogP contribution in [-0.2, 0) is 11.3 Å². The number of nitrogens with one attached hydrogen (secondary N) is 1. The van der Waals surface area contributed by atoms with Crippen LogP contribution in [0, 0.1) is 0 Å². The number of ether oxygens (including phenoxy) is 3. The molecule has 8 heteroatoms. The van der Waals surface area contributed by atoms with Gasteiger partial charge in [0, 0.05) is 19.8 Å². The van der Waals surface area contributed by atoms with Crippen molar-refractivity contribution in [3.8, 4) is 23.2 Å². The zero-order valence-corrected chi connectivity index (χ0v) is 16.9. The Kier molecular flexibility index (Phi) is 7.97. The van der Waals surface area contributed by atoms with Crippen molar-refractivity contribution >= 4 is 0 Å². The first-order valence-electron chi connectivity index (χ1n) is 9.87. The standard InChI is InChI=1S/C21H27N5O3/c1-3-27-14-8-13-22-16-17-11-12-19(20(15-17)28-4-2)29-21-23-24-25-26(21)18-9-6-5-7-10-18/h5-7,9-12,15,22H,3-4,8,13-14,16H2,1-2H3. The third-order valence-electron chi connectivity index (χ3n) is 4.13. The van der Waals surface area contributed by atoms with Crippen molar-refractivity contribution in [1.82, 2.24) is 25.5 Å². The summed E-state index contributed by atoms with van der Waals surface area (Å²) in [5.41, 5.74) is 1.93. The third kappa shape index (κ3) is 6.00. The van der Waals surface area contributed by atoms with E-state index in [2.05, 4.69) is 20.8 Å². The lowest BCUT2D eigenvalue weighted by Crippen LogP contribution is -2.16. The molecular formula is C21H27N5O3. The summed E-state index contributed by atoms with van der Waals surface area (Å²) in [5.74, 6) is 1.22. The molecular weight excluding hydrogens is 370 g/mol. The fourth-order valence-electron chi connectivity index (χ4n) is 2.76. The average molecular weight is 397 g/mol. The molecule has 0 fully saturated rings. The SMILES string of the molecule is CCOCCCNCc1ccc(Oc2nnnn2-c2ccccc2)c(OCC)c1. The second-order valence-corrected chi connectivity index (χ2v) is 6.25. The number of rotatable bonds is 12. The van der Waals surface area contributed by atoms with Gasteiger partial charge in [0.2, 0.25) is 0 Å². The largest absolute Gasteiger partial charge is 0.490 e. The van der Waals surface area contributed by atoms with Gasteiger partial charge in [-0.05, 0) is 67.1 Å². The van der Waals surface area contributed by atoms with Crippen molar-refractivity contribution in [3.05, 3.63) is 54.1 Å². The molecule has 0 atom stereocenters. The number of tetrazole rings is 1. The van der Waals surface area contributed by atoms with Crippen LogP contribution in [-0.4, -0.2) is 46.6 Å². The van der Waals surface area contributed by atoms with Gasteiger partial charge in [0.25, 0.3) is 0 Å². The zero-order valence-electron chi connectivity index (χ0n) is 16.9. The Hall–Kier alpha value is -2.97. The minimum Gasteiger partial charge on any atom is -0.490 e. The molecule has 0 saturated carbocycles. The maximum absolute atomic E-state index is 5.98. The fraction of sp³-hybridized carbons (Fsp3) is 0.381. The highest BCUT2D eigenvalue weighted by atomic mass is 16.5. The van der Waals surface area contributed by atoms with Gasteiger partial charge in [-0.3, -0.25) is 0 Å². The smallest absolute Gasteiger partial charge is 0.346 e. The van der Waals surface area contributed by atoms with E-state index in [1.54, 1.807) is 4.68 Å². The van der Waals surface area contributed by atoms with Crippen molar-refractivity contribution in [3.63, 3.8) is 0 Å². The summed E-state index contributed by atoms with van der Waals surface area (Å²) in [6.07, 6.45) is 0.982. The van der Waals surface area contributed by atoms with E-state index in [1.807, 2.05) is 62.4 Å². The second-order valence-electron chi connectivity index (χ2n) is 6.25. The molecule has 0 radical (unpaired) electrons. The van der Waals surface area contributed by atoms with Gasteiger partial charge < -0.3 is 19.5 Å². The molecule has 154 valence electrons. The third-order valence-corrected chi connectivity index (χ3v) is 4.13. The highest BCUT2D eigenvalue weighted by Gasteiger charge is 2.14. The molecule has 0 unspecified atom stereocenters. The van der Waals surface area contributed by atoms with Crippen molar-refractivity contribution in [2.24, 2.45) is 0 Å². The number of aromatic nitrogens is 4. The minimum absolute atomic E-state index is 0.277. The van der Waals surface area contributed by atoms with Gasteiger partial charge in [-0.1, -0.05) is 29.4 Å². The van der Waals surface area contributed by atoms with Crippen LogP contribution in [0.3, 0.4) is 0 Å². The Morgan fingerprint density at radius 2 is 1.86 bits per heavy atom.